The zero-order chi connectivity index (χ0) is 18.8. The first kappa shape index (κ1) is 17.3. The van der Waals surface area contributed by atoms with Crippen molar-refractivity contribution in [2.45, 2.75) is 44.3 Å². The molecule has 1 aromatic carbocycles. The molecule has 1 fully saturated rings. The van der Waals surface area contributed by atoms with Crippen LogP contribution >= 0.6 is 0 Å². The lowest BCUT2D eigenvalue weighted by Gasteiger charge is -2.34. The van der Waals surface area contributed by atoms with Gasteiger partial charge >= 0.3 is 0 Å². The van der Waals surface area contributed by atoms with Gasteiger partial charge in [-0.3, -0.25) is 9.59 Å². The zero-order valence-corrected chi connectivity index (χ0v) is 15.0. The Hall–Kier alpha value is -3.14. The molecule has 0 unspecified atom stereocenters. The summed E-state index contributed by atoms with van der Waals surface area (Å²) < 4.78 is 1.86. The van der Waals surface area contributed by atoms with E-state index < -0.39 is 6.04 Å². The maximum atomic E-state index is 13.0. The third-order valence-electron chi connectivity index (χ3n) is 5.36. The molecule has 2 amide bonds. The average Bonchev–Trinajstić information content (AvgIpc) is 3.38. The van der Waals surface area contributed by atoms with E-state index in [1.54, 1.807) is 41.7 Å². The first-order valence-corrected chi connectivity index (χ1v) is 9.26. The molecule has 1 N–H and O–H groups in total. The molecule has 0 bridgehead atoms. The molecule has 7 heteroatoms. The fraction of sp³-hybridized carbons (Fsp3) is 0.400. The van der Waals surface area contributed by atoms with Crippen LogP contribution < -0.4 is 5.32 Å². The monoisotopic (exact) mass is 363 g/mol. The highest BCUT2D eigenvalue weighted by Gasteiger charge is 2.34. The number of benzene rings is 1. The summed E-state index contributed by atoms with van der Waals surface area (Å²) in [5, 5.41) is 12.2. The van der Waals surface area contributed by atoms with Gasteiger partial charge in [-0.15, -0.1) is 0 Å². The molecule has 2 aliphatic rings. The minimum absolute atomic E-state index is 0.0653. The second-order valence-corrected chi connectivity index (χ2v) is 7.18. The number of nitrogens with one attached hydrogen (secondary N) is 1. The van der Waals surface area contributed by atoms with Crippen LogP contribution in [0.4, 0.5) is 0 Å². The number of fused-ring (bicyclic) bond motifs is 1. The topological polar surface area (TPSA) is 91.0 Å². The van der Waals surface area contributed by atoms with Crippen LogP contribution in [0.25, 0.3) is 0 Å². The van der Waals surface area contributed by atoms with Crippen molar-refractivity contribution in [2.24, 2.45) is 0 Å². The number of hydrogen-bond donors (Lipinski definition) is 1. The smallest absolute Gasteiger partial charge is 0.254 e. The molecule has 1 saturated carbocycles. The van der Waals surface area contributed by atoms with Gasteiger partial charge in [0.25, 0.3) is 5.91 Å². The number of imidazole rings is 1. The Kier molecular flexibility index (Phi) is 4.63. The number of nitriles is 1. The van der Waals surface area contributed by atoms with Gasteiger partial charge in [0.2, 0.25) is 5.91 Å². The highest BCUT2D eigenvalue weighted by Crippen LogP contribution is 2.24. The highest BCUT2D eigenvalue weighted by atomic mass is 16.2. The molecule has 2 aromatic rings. The first-order valence-electron chi connectivity index (χ1n) is 9.26. The van der Waals surface area contributed by atoms with Crippen molar-refractivity contribution in [1.29, 1.82) is 5.26 Å². The van der Waals surface area contributed by atoms with Crippen molar-refractivity contribution in [1.82, 2.24) is 19.8 Å². The van der Waals surface area contributed by atoms with E-state index in [1.807, 2.05) is 4.57 Å². The van der Waals surface area contributed by atoms with Gasteiger partial charge in [-0.05, 0) is 31.0 Å². The summed E-state index contributed by atoms with van der Waals surface area (Å²) in [4.78, 5) is 31.7. The van der Waals surface area contributed by atoms with E-state index in [4.69, 9.17) is 5.26 Å². The summed E-state index contributed by atoms with van der Waals surface area (Å²) >= 11 is 0. The van der Waals surface area contributed by atoms with Crippen LogP contribution in [0.1, 0.15) is 53.3 Å². The number of hydrogen-bond acceptors (Lipinski definition) is 4. The summed E-state index contributed by atoms with van der Waals surface area (Å²) in [6.07, 6.45) is 7.67. The van der Waals surface area contributed by atoms with Gasteiger partial charge in [0.15, 0.2) is 0 Å². The number of carbonyl (C=O) groups excluding carboxylic acids is 2. The second-order valence-electron chi connectivity index (χ2n) is 7.18. The minimum Gasteiger partial charge on any atom is -0.352 e. The van der Waals surface area contributed by atoms with Crippen LogP contribution in [0.5, 0.6) is 0 Å². The Morgan fingerprint density at radius 3 is 2.85 bits per heavy atom. The van der Waals surface area contributed by atoms with E-state index in [0.29, 0.717) is 17.7 Å². The molecule has 1 atom stereocenters. The fourth-order valence-electron chi connectivity index (χ4n) is 3.93. The van der Waals surface area contributed by atoms with Crippen molar-refractivity contribution in [3.63, 3.8) is 0 Å². The molecule has 1 aromatic heterocycles. The summed E-state index contributed by atoms with van der Waals surface area (Å²) in [6.45, 7) is 0.681. The van der Waals surface area contributed by atoms with Crippen LogP contribution in [0.3, 0.4) is 0 Å². The normalized spacial score (nSPS) is 19.4. The van der Waals surface area contributed by atoms with E-state index in [2.05, 4.69) is 16.4 Å². The van der Waals surface area contributed by atoms with E-state index in [9.17, 15) is 9.59 Å². The van der Waals surface area contributed by atoms with E-state index in [1.165, 1.54) is 0 Å². The lowest BCUT2D eigenvalue weighted by atomic mass is 10.1. The van der Waals surface area contributed by atoms with E-state index >= 15 is 0 Å². The number of amides is 2. The van der Waals surface area contributed by atoms with Crippen molar-refractivity contribution >= 4 is 11.8 Å². The molecule has 138 valence electrons. The van der Waals surface area contributed by atoms with Crippen LogP contribution in [-0.4, -0.2) is 38.9 Å². The Morgan fingerprint density at radius 1 is 1.26 bits per heavy atom. The molecule has 2 heterocycles. The quantitative estimate of drug-likeness (QED) is 0.903. The van der Waals surface area contributed by atoms with Gasteiger partial charge in [0.1, 0.15) is 6.04 Å². The number of aromatic nitrogens is 2. The Balaban J connectivity index is 1.56. The van der Waals surface area contributed by atoms with E-state index in [-0.39, 0.29) is 24.4 Å². The van der Waals surface area contributed by atoms with Crippen LogP contribution in [-0.2, 0) is 11.3 Å². The molecule has 7 nitrogen and oxygen atoms in total. The summed E-state index contributed by atoms with van der Waals surface area (Å²) in [5.41, 5.74) is 1.73. The number of rotatable bonds is 3. The highest BCUT2D eigenvalue weighted by molar-refractivity contribution is 5.95. The predicted molar refractivity (Wildman–Crippen MR) is 97.6 cm³/mol. The van der Waals surface area contributed by atoms with Gasteiger partial charge in [-0.2, -0.15) is 5.26 Å². The third-order valence-corrected chi connectivity index (χ3v) is 5.36. The molecule has 27 heavy (non-hydrogen) atoms. The molecule has 0 saturated heterocycles. The fourth-order valence-corrected chi connectivity index (χ4v) is 3.93. The SMILES string of the molecule is N#Cc1cccc(C(=O)N2Cc3cncn3[C@@H](C(=O)NC3CCCC3)C2)c1. The van der Waals surface area contributed by atoms with Crippen LogP contribution in [0.2, 0.25) is 0 Å². The molecule has 1 aliphatic heterocycles. The van der Waals surface area contributed by atoms with Gasteiger partial charge in [-0.25, -0.2) is 4.98 Å². The van der Waals surface area contributed by atoms with Crippen molar-refractivity contribution < 1.29 is 9.59 Å². The van der Waals surface area contributed by atoms with E-state index in [0.717, 1.165) is 31.4 Å². The Morgan fingerprint density at radius 2 is 2.07 bits per heavy atom. The standard InChI is InChI=1S/C20H21N5O2/c21-9-14-4-3-5-15(8-14)20(27)24-11-17-10-22-13-25(17)18(12-24)19(26)23-16-6-1-2-7-16/h3-5,8,10,13,16,18H,1-2,6-7,11-12H2,(H,23,26)/t18-/m1/s1. The minimum atomic E-state index is -0.486. The molecule has 0 radical (unpaired) electrons. The maximum Gasteiger partial charge on any atom is 0.254 e. The van der Waals surface area contributed by atoms with Gasteiger partial charge in [0, 0.05) is 17.8 Å². The summed E-state index contributed by atoms with van der Waals surface area (Å²) in [6, 6.07) is 8.44. The number of carbonyl (C=O) groups is 2. The summed E-state index contributed by atoms with van der Waals surface area (Å²) in [7, 11) is 0. The lowest BCUT2D eigenvalue weighted by Crippen LogP contribution is -2.48. The molecule has 0 spiro atoms. The van der Waals surface area contributed by atoms with Gasteiger partial charge in [0.05, 0.1) is 36.7 Å². The Bertz CT molecular complexity index is 907. The molecule has 1 aliphatic carbocycles. The molecular weight excluding hydrogens is 342 g/mol. The Labute approximate surface area is 157 Å². The summed E-state index contributed by atoms with van der Waals surface area (Å²) in [5.74, 6) is -0.248. The number of nitrogens with zero attached hydrogens (tertiary/aromatic N) is 4. The molecule has 4 rings (SSSR count). The van der Waals surface area contributed by atoms with Gasteiger partial charge < -0.3 is 14.8 Å². The zero-order valence-electron chi connectivity index (χ0n) is 15.0. The largest absolute Gasteiger partial charge is 0.352 e. The first-order chi connectivity index (χ1) is 13.2. The lowest BCUT2D eigenvalue weighted by molar-refractivity contribution is -0.126. The average molecular weight is 363 g/mol. The van der Waals surface area contributed by atoms with Crippen molar-refractivity contribution in [2.75, 3.05) is 6.54 Å². The maximum absolute atomic E-state index is 13.0. The van der Waals surface area contributed by atoms with Crippen LogP contribution in [0, 0.1) is 11.3 Å². The second kappa shape index (κ2) is 7.23. The van der Waals surface area contributed by atoms with Crippen LogP contribution in [0.15, 0.2) is 36.8 Å². The van der Waals surface area contributed by atoms with Crippen molar-refractivity contribution in [3.8, 4) is 6.07 Å². The molecular formula is C20H21N5O2. The predicted octanol–water partition coefficient (Wildman–Crippen LogP) is 2.01. The third kappa shape index (κ3) is 3.43. The van der Waals surface area contributed by atoms with Gasteiger partial charge in [-0.1, -0.05) is 18.9 Å². The van der Waals surface area contributed by atoms with Crippen molar-refractivity contribution in [3.05, 3.63) is 53.6 Å².